The molecule has 0 spiro atoms. The summed E-state index contributed by atoms with van der Waals surface area (Å²) in [6, 6.07) is 9.66. The first-order valence-electron chi connectivity index (χ1n) is 6.71. The number of morpholine rings is 1. The van der Waals surface area contributed by atoms with Crippen LogP contribution < -0.4 is 10.2 Å². The van der Waals surface area contributed by atoms with Crippen LogP contribution in [0.15, 0.2) is 40.2 Å². The molecule has 0 unspecified atom stereocenters. The first-order chi connectivity index (χ1) is 10.2. The average Bonchev–Trinajstić information content (AvgIpc) is 3.03. The van der Waals surface area contributed by atoms with Gasteiger partial charge >= 0.3 is 0 Å². The normalized spacial score (nSPS) is 15.0. The molecule has 21 heavy (non-hydrogen) atoms. The monoisotopic (exact) mass is 366 g/mol. The lowest BCUT2D eigenvalue weighted by Gasteiger charge is -2.30. The summed E-state index contributed by atoms with van der Waals surface area (Å²) in [6.07, 6.45) is 0. The molecule has 1 aromatic heterocycles. The van der Waals surface area contributed by atoms with Crippen LogP contribution in [0.5, 0.6) is 0 Å². The number of ether oxygens (including phenoxy) is 1. The minimum absolute atomic E-state index is 0.0717. The van der Waals surface area contributed by atoms with Gasteiger partial charge < -0.3 is 15.0 Å². The molecule has 2 heterocycles. The van der Waals surface area contributed by atoms with E-state index < -0.39 is 0 Å². The zero-order valence-electron chi connectivity index (χ0n) is 11.3. The number of hydrogen-bond donors (Lipinski definition) is 1. The van der Waals surface area contributed by atoms with E-state index in [0.29, 0.717) is 18.1 Å². The SMILES string of the molecule is O=C(Nc1cc(Br)ccc1N1CCOCC1)c1cccs1. The number of benzene rings is 1. The smallest absolute Gasteiger partial charge is 0.265 e. The zero-order valence-corrected chi connectivity index (χ0v) is 13.7. The molecule has 1 aliphatic rings. The molecule has 1 saturated heterocycles. The van der Waals surface area contributed by atoms with Gasteiger partial charge in [-0.3, -0.25) is 4.79 Å². The number of nitrogens with one attached hydrogen (secondary N) is 1. The summed E-state index contributed by atoms with van der Waals surface area (Å²) in [5.41, 5.74) is 1.86. The molecule has 2 aromatic rings. The molecule has 0 atom stereocenters. The zero-order chi connectivity index (χ0) is 14.7. The van der Waals surface area contributed by atoms with E-state index in [-0.39, 0.29) is 5.91 Å². The molecule has 0 radical (unpaired) electrons. The van der Waals surface area contributed by atoms with E-state index in [0.717, 1.165) is 28.9 Å². The molecule has 6 heteroatoms. The van der Waals surface area contributed by atoms with Crippen molar-refractivity contribution >= 4 is 44.5 Å². The molecule has 110 valence electrons. The highest BCUT2D eigenvalue weighted by Gasteiger charge is 2.17. The van der Waals surface area contributed by atoms with Crippen LogP contribution in [0.2, 0.25) is 0 Å². The number of rotatable bonds is 3. The van der Waals surface area contributed by atoms with E-state index in [2.05, 4.69) is 26.1 Å². The van der Waals surface area contributed by atoms with Gasteiger partial charge in [-0.2, -0.15) is 0 Å². The van der Waals surface area contributed by atoms with Gasteiger partial charge in [0, 0.05) is 17.6 Å². The molecule has 3 rings (SSSR count). The quantitative estimate of drug-likeness (QED) is 0.901. The predicted molar refractivity (Wildman–Crippen MR) is 89.4 cm³/mol. The second-order valence-electron chi connectivity index (χ2n) is 4.69. The van der Waals surface area contributed by atoms with Gasteiger partial charge in [0.2, 0.25) is 0 Å². The Bertz CT molecular complexity index is 625. The molecular formula is C15H15BrN2O2S. The van der Waals surface area contributed by atoms with E-state index in [1.54, 1.807) is 0 Å². The van der Waals surface area contributed by atoms with Crippen molar-refractivity contribution in [1.29, 1.82) is 0 Å². The second-order valence-corrected chi connectivity index (χ2v) is 6.56. The topological polar surface area (TPSA) is 41.6 Å². The van der Waals surface area contributed by atoms with Crippen molar-refractivity contribution in [2.75, 3.05) is 36.5 Å². The molecule has 0 bridgehead atoms. The van der Waals surface area contributed by atoms with Gasteiger partial charge in [0.15, 0.2) is 0 Å². The van der Waals surface area contributed by atoms with E-state index in [4.69, 9.17) is 4.74 Å². The average molecular weight is 367 g/mol. The highest BCUT2D eigenvalue weighted by atomic mass is 79.9. The van der Waals surface area contributed by atoms with Crippen LogP contribution in [0.1, 0.15) is 9.67 Å². The summed E-state index contributed by atoms with van der Waals surface area (Å²) in [5.74, 6) is -0.0717. The largest absolute Gasteiger partial charge is 0.378 e. The first-order valence-corrected chi connectivity index (χ1v) is 8.38. The number of nitrogens with zero attached hydrogens (tertiary/aromatic N) is 1. The number of thiophene rings is 1. The number of hydrogen-bond acceptors (Lipinski definition) is 4. The van der Waals surface area contributed by atoms with Crippen molar-refractivity contribution in [2.45, 2.75) is 0 Å². The van der Waals surface area contributed by atoms with Crippen LogP contribution >= 0.6 is 27.3 Å². The van der Waals surface area contributed by atoms with Crippen LogP contribution in [-0.4, -0.2) is 32.2 Å². The maximum atomic E-state index is 12.3. The van der Waals surface area contributed by atoms with Gasteiger partial charge in [-0.05, 0) is 29.6 Å². The second kappa shape index (κ2) is 6.60. The molecule has 1 fully saturated rings. The van der Waals surface area contributed by atoms with Crippen LogP contribution in [0.25, 0.3) is 0 Å². The van der Waals surface area contributed by atoms with Gasteiger partial charge in [-0.1, -0.05) is 22.0 Å². The third-order valence-corrected chi connectivity index (χ3v) is 4.67. The van der Waals surface area contributed by atoms with Gasteiger partial charge in [0.1, 0.15) is 0 Å². The van der Waals surface area contributed by atoms with Crippen LogP contribution in [0.3, 0.4) is 0 Å². The van der Waals surface area contributed by atoms with E-state index >= 15 is 0 Å². The van der Waals surface area contributed by atoms with Crippen molar-refractivity contribution in [2.24, 2.45) is 0 Å². The number of carbonyl (C=O) groups excluding carboxylic acids is 1. The van der Waals surface area contributed by atoms with Gasteiger partial charge in [-0.25, -0.2) is 0 Å². The van der Waals surface area contributed by atoms with E-state index in [1.165, 1.54) is 11.3 Å². The van der Waals surface area contributed by atoms with Crippen LogP contribution in [0.4, 0.5) is 11.4 Å². The predicted octanol–water partition coefficient (Wildman–Crippen LogP) is 3.60. The molecule has 1 aliphatic heterocycles. The number of carbonyl (C=O) groups is 1. The highest BCUT2D eigenvalue weighted by molar-refractivity contribution is 9.10. The third kappa shape index (κ3) is 3.45. The molecule has 4 nitrogen and oxygen atoms in total. The van der Waals surface area contributed by atoms with Gasteiger partial charge in [0.25, 0.3) is 5.91 Å². The molecule has 1 amide bonds. The van der Waals surface area contributed by atoms with Crippen molar-refractivity contribution < 1.29 is 9.53 Å². The molecule has 1 aromatic carbocycles. The van der Waals surface area contributed by atoms with Crippen molar-refractivity contribution in [3.8, 4) is 0 Å². The molecule has 0 saturated carbocycles. The Balaban J connectivity index is 1.85. The fourth-order valence-electron chi connectivity index (χ4n) is 2.28. The summed E-state index contributed by atoms with van der Waals surface area (Å²) < 4.78 is 6.33. The van der Waals surface area contributed by atoms with Gasteiger partial charge in [0.05, 0.1) is 29.5 Å². The fraction of sp³-hybridized carbons (Fsp3) is 0.267. The minimum Gasteiger partial charge on any atom is -0.378 e. The Kier molecular flexibility index (Phi) is 4.57. The summed E-state index contributed by atoms with van der Waals surface area (Å²) in [7, 11) is 0. The minimum atomic E-state index is -0.0717. The number of halogens is 1. The Morgan fingerprint density at radius 1 is 1.29 bits per heavy atom. The van der Waals surface area contributed by atoms with Crippen LogP contribution in [0, 0.1) is 0 Å². The standard InChI is InChI=1S/C15H15BrN2O2S/c16-11-3-4-13(18-5-7-20-8-6-18)12(10-11)17-15(19)14-2-1-9-21-14/h1-4,9-10H,5-8H2,(H,17,19). The van der Waals surface area contributed by atoms with Crippen molar-refractivity contribution in [3.05, 3.63) is 45.1 Å². The Morgan fingerprint density at radius 2 is 2.10 bits per heavy atom. The summed E-state index contributed by atoms with van der Waals surface area (Å²) in [5, 5.41) is 4.91. The van der Waals surface area contributed by atoms with E-state index in [1.807, 2.05) is 35.7 Å². The number of anilines is 2. The summed E-state index contributed by atoms with van der Waals surface area (Å²) >= 11 is 4.91. The van der Waals surface area contributed by atoms with E-state index in [9.17, 15) is 4.79 Å². The maximum absolute atomic E-state index is 12.3. The molecule has 1 N–H and O–H groups in total. The number of amides is 1. The van der Waals surface area contributed by atoms with Crippen molar-refractivity contribution in [3.63, 3.8) is 0 Å². The lowest BCUT2D eigenvalue weighted by molar-refractivity contribution is 0.103. The highest BCUT2D eigenvalue weighted by Crippen LogP contribution is 2.30. The molecule has 0 aliphatic carbocycles. The lowest BCUT2D eigenvalue weighted by atomic mass is 10.2. The van der Waals surface area contributed by atoms with Gasteiger partial charge in [-0.15, -0.1) is 11.3 Å². The maximum Gasteiger partial charge on any atom is 0.265 e. The Morgan fingerprint density at radius 3 is 2.81 bits per heavy atom. The first kappa shape index (κ1) is 14.6. The van der Waals surface area contributed by atoms with Crippen molar-refractivity contribution in [1.82, 2.24) is 0 Å². The Hall–Kier alpha value is -1.37. The fourth-order valence-corrected chi connectivity index (χ4v) is 3.26. The summed E-state index contributed by atoms with van der Waals surface area (Å²) in [6.45, 7) is 3.11. The summed E-state index contributed by atoms with van der Waals surface area (Å²) in [4.78, 5) is 15.2. The Labute approximate surface area is 135 Å². The van der Waals surface area contributed by atoms with Crippen LogP contribution in [-0.2, 0) is 4.74 Å². The lowest BCUT2D eigenvalue weighted by Crippen LogP contribution is -2.36. The third-order valence-electron chi connectivity index (χ3n) is 3.30. The molecular weight excluding hydrogens is 352 g/mol.